The Labute approximate surface area is 81.8 Å². The number of nitrogens with one attached hydrogen (secondary N) is 1. The first-order valence-electron chi connectivity index (χ1n) is 4.94. The maximum Gasteiger partial charge on any atom is 0.0797 e. The van der Waals surface area contributed by atoms with Crippen LogP contribution in [0.2, 0.25) is 0 Å². The Kier molecular flexibility index (Phi) is 6.29. The third-order valence-electron chi connectivity index (χ3n) is 2.30. The molecule has 0 radical (unpaired) electrons. The first-order chi connectivity index (χ1) is 6.08. The fourth-order valence-electron chi connectivity index (χ4n) is 1.13. The molecular weight excluding hydrogens is 166 g/mol. The van der Waals surface area contributed by atoms with Crippen LogP contribution in [0.4, 0.5) is 0 Å². The van der Waals surface area contributed by atoms with Gasteiger partial charge in [0.15, 0.2) is 0 Å². The molecule has 0 rings (SSSR count). The molecule has 0 amide bonds. The Morgan fingerprint density at radius 3 is 2.31 bits per heavy atom. The van der Waals surface area contributed by atoms with Crippen molar-refractivity contribution in [3.05, 3.63) is 0 Å². The molecular formula is C10H23NO2. The fraction of sp³-hybridized carbons (Fsp3) is 1.00. The van der Waals surface area contributed by atoms with Gasteiger partial charge in [-0.3, -0.25) is 0 Å². The second-order valence-corrected chi connectivity index (χ2v) is 3.58. The standard InChI is InChI=1S/C10H23NO2/c1-6-11-9(8-13-7-2)10(3,4)12-5/h9,11H,6-8H2,1-5H3. The monoisotopic (exact) mass is 189 g/mol. The molecule has 1 unspecified atom stereocenters. The van der Waals surface area contributed by atoms with Gasteiger partial charge < -0.3 is 14.8 Å². The lowest BCUT2D eigenvalue weighted by Gasteiger charge is -2.33. The molecule has 0 aromatic carbocycles. The summed E-state index contributed by atoms with van der Waals surface area (Å²) in [5.74, 6) is 0. The summed E-state index contributed by atoms with van der Waals surface area (Å²) in [6.45, 7) is 10.6. The van der Waals surface area contributed by atoms with Crippen LogP contribution in [0.1, 0.15) is 27.7 Å². The highest BCUT2D eigenvalue weighted by Gasteiger charge is 2.28. The van der Waals surface area contributed by atoms with Crippen molar-refractivity contribution in [2.24, 2.45) is 0 Å². The molecule has 80 valence electrons. The van der Waals surface area contributed by atoms with Crippen LogP contribution >= 0.6 is 0 Å². The minimum atomic E-state index is -0.175. The molecule has 0 aromatic heterocycles. The van der Waals surface area contributed by atoms with Crippen LogP contribution in [0.25, 0.3) is 0 Å². The molecule has 0 aliphatic heterocycles. The highest BCUT2D eigenvalue weighted by atomic mass is 16.5. The molecule has 0 bridgehead atoms. The van der Waals surface area contributed by atoms with Crippen molar-refractivity contribution in [2.45, 2.75) is 39.3 Å². The maximum atomic E-state index is 5.41. The normalized spacial score (nSPS) is 14.5. The summed E-state index contributed by atoms with van der Waals surface area (Å²) >= 11 is 0. The summed E-state index contributed by atoms with van der Waals surface area (Å²) in [6, 6.07) is 0.252. The van der Waals surface area contributed by atoms with Crippen LogP contribution in [0.5, 0.6) is 0 Å². The van der Waals surface area contributed by atoms with Crippen molar-refractivity contribution >= 4 is 0 Å². The van der Waals surface area contributed by atoms with Gasteiger partial charge in [0, 0.05) is 13.7 Å². The van der Waals surface area contributed by atoms with Gasteiger partial charge in [-0.25, -0.2) is 0 Å². The number of rotatable bonds is 7. The van der Waals surface area contributed by atoms with Crippen molar-refractivity contribution in [1.29, 1.82) is 0 Å². The molecule has 0 saturated heterocycles. The van der Waals surface area contributed by atoms with Crippen LogP contribution in [-0.4, -0.2) is 38.5 Å². The van der Waals surface area contributed by atoms with E-state index in [0.717, 1.165) is 13.2 Å². The van der Waals surface area contributed by atoms with Gasteiger partial charge in [-0.05, 0) is 27.3 Å². The Morgan fingerprint density at radius 2 is 1.92 bits per heavy atom. The minimum Gasteiger partial charge on any atom is -0.380 e. The third kappa shape index (κ3) is 4.60. The van der Waals surface area contributed by atoms with Gasteiger partial charge in [-0.2, -0.15) is 0 Å². The van der Waals surface area contributed by atoms with E-state index in [1.807, 2.05) is 6.92 Å². The predicted octanol–water partition coefficient (Wildman–Crippen LogP) is 1.43. The topological polar surface area (TPSA) is 30.5 Å². The van der Waals surface area contributed by atoms with Crippen LogP contribution in [-0.2, 0) is 9.47 Å². The maximum absolute atomic E-state index is 5.41. The van der Waals surface area contributed by atoms with Gasteiger partial charge in [-0.15, -0.1) is 0 Å². The van der Waals surface area contributed by atoms with Gasteiger partial charge >= 0.3 is 0 Å². The summed E-state index contributed by atoms with van der Waals surface area (Å²) < 4.78 is 10.8. The van der Waals surface area contributed by atoms with E-state index in [0.29, 0.717) is 6.61 Å². The zero-order valence-corrected chi connectivity index (χ0v) is 9.52. The van der Waals surface area contributed by atoms with E-state index >= 15 is 0 Å². The van der Waals surface area contributed by atoms with E-state index in [4.69, 9.17) is 9.47 Å². The first kappa shape index (κ1) is 12.9. The number of ether oxygens (including phenoxy) is 2. The summed E-state index contributed by atoms with van der Waals surface area (Å²) in [7, 11) is 1.73. The molecule has 0 aliphatic carbocycles. The molecule has 13 heavy (non-hydrogen) atoms. The zero-order valence-electron chi connectivity index (χ0n) is 9.52. The van der Waals surface area contributed by atoms with Crippen molar-refractivity contribution < 1.29 is 9.47 Å². The molecule has 1 N–H and O–H groups in total. The summed E-state index contributed by atoms with van der Waals surface area (Å²) in [5, 5.41) is 3.36. The Bertz CT molecular complexity index is 126. The highest BCUT2D eigenvalue weighted by molar-refractivity contribution is 4.84. The molecule has 0 fully saturated rings. The fourth-order valence-corrected chi connectivity index (χ4v) is 1.13. The van der Waals surface area contributed by atoms with Gasteiger partial charge in [0.05, 0.1) is 18.2 Å². The van der Waals surface area contributed by atoms with Gasteiger partial charge in [0.1, 0.15) is 0 Å². The first-order valence-corrected chi connectivity index (χ1v) is 4.94. The van der Waals surface area contributed by atoms with E-state index in [9.17, 15) is 0 Å². The quantitative estimate of drug-likeness (QED) is 0.657. The van der Waals surface area contributed by atoms with E-state index in [1.165, 1.54) is 0 Å². The Morgan fingerprint density at radius 1 is 1.31 bits per heavy atom. The summed E-state index contributed by atoms with van der Waals surface area (Å²) in [4.78, 5) is 0. The van der Waals surface area contributed by atoms with Crippen LogP contribution in [0.3, 0.4) is 0 Å². The molecule has 0 saturated carbocycles. The molecule has 3 nitrogen and oxygen atoms in total. The molecule has 0 heterocycles. The van der Waals surface area contributed by atoms with Crippen molar-refractivity contribution in [3.63, 3.8) is 0 Å². The lowest BCUT2D eigenvalue weighted by atomic mass is 9.99. The Balaban J connectivity index is 4.05. The SMILES string of the molecule is CCNC(COCC)C(C)(C)OC. The van der Waals surface area contributed by atoms with Crippen LogP contribution in [0, 0.1) is 0 Å². The molecule has 0 spiro atoms. The number of likely N-dealkylation sites (N-methyl/N-ethyl adjacent to an activating group) is 1. The van der Waals surface area contributed by atoms with Crippen LogP contribution < -0.4 is 5.32 Å². The number of hydrogen-bond acceptors (Lipinski definition) is 3. The lowest BCUT2D eigenvalue weighted by Crippen LogP contribution is -2.50. The van der Waals surface area contributed by atoms with E-state index < -0.39 is 0 Å². The summed E-state index contributed by atoms with van der Waals surface area (Å²) in [6.07, 6.45) is 0. The molecule has 0 aromatic rings. The summed E-state index contributed by atoms with van der Waals surface area (Å²) in [5.41, 5.74) is -0.175. The molecule has 0 aliphatic rings. The number of methoxy groups -OCH3 is 1. The molecule has 1 atom stereocenters. The van der Waals surface area contributed by atoms with E-state index in [-0.39, 0.29) is 11.6 Å². The van der Waals surface area contributed by atoms with Gasteiger partial charge in [-0.1, -0.05) is 6.92 Å². The second-order valence-electron chi connectivity index (χ2n) is 3.58. The number of hydrogen-bond donors (Lipinski definition) is 1. The average molecular weight is 189 g/mol. The zero-order chi connectivity index (χ0) is 10.3. The van der Waals surface area contributed by atoms with Crippen molar-refractivity contribution in [3.8, 4) is 0 Å². The van der Waals surface area contributed by atoms with Crippen molar-refractivity contribution in [2.75, 3.05) is 26.9 Å². The highest BCUT2D eigenvalue weighted by Crippen LogP contribution is 2.13. The van der Waals surface area contributed by atoms with Gasteiger partial charge in [0.2, 0.25) is 0 Å². The molecule has 3 heteroatoms. The Hall–Kier alpha value is -0.120. The third-order valence-corrected chi connectivity index (χ3v) is 2.30. The van der Waals surface area contributed by atoms with Gasteiger partial charge in [0.25, 0.3) is 0 Å². The predicted molar refractivity (Wildman–Crippen MR) is 55.0 cm³/mol. The average Bonchev–Trinajstić information content (AvgIpc) is 2.12. The van der Waals surface area contributed by atoms with Crippen molar-refractivity contribution in [1.82, 2.24) is 5.32 Å². The van der Waals surface area contributed by atoms with E-state index in [2.05, 4.69) is 26.1 Å². The minimum absolute atomic E-state index is 0.175. The van der Waals surface area contributed by atoms with Crippen LogP contribution in [0.15, 0.2) is 0 Å². The smallest absolute Gasteiger partial charge is 0.0797 e. The second kappa shape index (κ2) is 6.35. The largest absolute Gasteiger partial charge is 0.380 e. The van der Waals surface area contributed by atoms with E-state index in [1.54, 1.807) is 7.11 Å². The lowest BCUT2D eigenvalue weighted by molar-refractivity contribution is -0.0367.